The van der Waals surface area contributed by atoms with E-state index >= 15 is 0 Å². The summed E-state index contributed by atoms with van der Waals surface area (Å²) in [5, 5.41) is 12.7. The van der Waals surface area contributed by atoms with Crippen molar-refractivity contribution in [1.82, 2.24) is 30.1 Å². The Morgan fingerprint density at radius 2 is 1.75 bits per heavy atom. The normalized spacial score (nSPS) is 16.2. The van der Waals surface area contributed by atoms with Gasteiger partial charge in [-0.1, -0.05) is 49.7 Å². The van der Waals surface area contributed by atoms with E-state index in [9.17, 15) is 0 Å². The summed E-state index contributed by atoms with van der Waals surface area (Å²) in [6.45, 7) is 6.81. The van der Waals surface area contributed by atoms with Gasteiger partial charge in [-0.3, -0.25) is 4.90 Å². The van der Waals surface area contributed by atoms with Gasteiger partial charge in [-0.05, 0) is 34.5 Å². The van der Waals surface area contributed by atoms with Gasteiger partial charge in [0.05, 0.1) is 6.04 Å². The Morgan fingerprint density at radius 3 is 2.46 bits per heavy atom. The summed E-state index contributed by atoms with van der Waals surface area (Å²) in [7, 11) is 0. The molecule has 0 aliphatic carbocycles. The largest absolute Gasteiger partial charge is 0.354 e. The first-order chi connectivity index (χ1) is 13.9. The minimum Gasteiger partial charge on any atom is -0.354 e. The van der Waals surface area contributed by atoms with Crippen molar-refractivity contribution in [2.45, 2.75) is 32.4 Å². The number of rotatable bonds is 7. The summed E-state index contributed by atoms with van der Waals surface area (Å²) in [4.78, 5) is 9.33. The molecule has 1 unspecified atom stereocenters. The van der Waals surface area contributed by atoms with Gasteiger partial charge in [-0.2, -0.15) is 0 Å². The average molecular weight is 377 g/mol. The first kappa shape index (κ1) is 18.6. The number of nitrogens with zero attached hydrogens (tertiary/aromatic N) is 7. The molecule has 1 atom stereocenters. The summed E-state index contributed by atoms with van der Waals surface area (Å²) in [6.07, 6.45) is 4.06. The van der Waals surface area contributed by atoms with Crippen LogP contribution in [-0.2, 0) is 6.54 Å². The van der Waals surface area contributed by atoms with E-state index in [0.29, 0.717) is 0 Å². The Morgan fingerprint density at radius 1 is 0.964 bits per heavy atom. The quantitative estimate of drug-likeness (QED) is 0.631. The van der Waals surface area contributed by atoms with Crippen molar-refractivity contribution in [2.24, 2.45) is 0 Å². The van der Waals surface area contributed by atoms with Gasteiger partial charge < -0.3 is 4.90 Å². The van der Waals surface area contributed by atoms with Crippen LogP contribution in [0.5, 0.6) is 0 Å². The van der Waals surface area contributed by atoms with Gasteiger partial charge in [-0.15, -0.1) is 5.10 Å². The Hall–Kier alpha value is -2.80. The number of hydrogen-bond donors (Lipinski definition) is 0. The van der Waals surface area contributed by atoms with Crippen LogP contribution in [0.15, 0.2) is 54.7 Å². The molecule has 0 radical (unpaired) electrons. The molecule has 1 aliphatic heterocycles. The molecule has 0 spiro atoms. The minimum absolute atomic E-state index is 0.0685. The molecule has 7 heteroatoms. The molecule has 2 aromatic heterocycles. The molecular formula is C21H27N7. The van der Waals surface area contributed by atoms with E-state index in [0.717, 1.165) is 57.2 Å². The molecule has 3 aromatic rings. The Balaban J connectivity index is 1.57. The fraction of sp³-hybridized carbons (Fsp3) is 0.429. The lowest BCUT2D eigenvalue weighted by molar-refractivity contribution is 0.200. The van der Waals surface area contributed by atoms with Crippen LogP contribution in [0, 0.1) is 0 Å². The summed E-state index contributed by atoms with van der Waals surface area (Å²) >= 11 is 0. The molecule has 0 bridgehead atoms. The zero-order chi connectivity index (χ0) is 19.2. The number of aromatic nitrogens is 5. The van der Waals surface area contributed by atoms with Crippen molar-refractivity contribution in [3.8, 4) is 0 Å². The highest BCUT2D eigenvalue weighted by atomic mass is 15.6. The van der Waals surface area contributed by atoms with Gasteiger partial charge in [0.15, 0.2) is 5.82 Å². The van der Waals surface area contributed by atoms with Crippen molar-refractivity contribution in [3.05, 3.63) is 66.1 Å². The van der Waals surface area contributed by atoms with Crippen molar-refractivity contribution in [2.75, 3.05) is 31.1 Å². The van der Waals surface area contributed by atoms with Crippen molar-refractivity contribution < 1.29 is 0 Å². The maximum Gasteiger partial charge on any atom is 0.173 e. The highest BCUT2D eigenvalue weighted by molar-refractivity contribution is 5.38. The van der Waals surface area contributed by atoms with Crippen LogP contribution in [0.25, 0.3) is 0 Å². The fourth-order valence-corrected chi connectivity index (χ4v) is 3.78. The predicted molar refractivity (Wildman–Crippen MR) is 109 cm³/mol. The maximum atomic E-state index is 4.50. The van der Waals surface area contributed by atoms with Gasteiger partial charge in [0.25, 0.3) is 0 Å². The van der Waals surface area contributed by atoms with E-state index in [2.05, 4.69) is 73.6 Å². The second-order valence-electron chi connectivity index (χ2n) is 7.14. The number of unbranched alkanes of at least 4 members (excludes halogenated alkanes) is 1. The van der Waals surface area contributed by atoms with Crippen molar-refractivity contribution in [1.29, 1.82) is 0 Å². The summed E-state index contributed by atoms with van der Waals surface area (Å²) in [5.41, 5.74) is 1.24. The molecule has 0 N–H and O–H groups in total. The number of hydrogen-bond acceptors (Lipinski definition) is 6. The first-order valence-electron chi connectivity index (χ1n) is 10.1. The van der Waals surface area contributed by atoms with Crippen molar-refractivity contribution in [3.63, 3.8) is 0 Å². The van der Waals surface area contributed by atoms with Gasteiger partial charge in [0.2, 0.25) is 0 Å². The molecule has 1 aromatic carbocycles. The standard InChI is InChI=1S/C21H27N7/c1-2-3-13-28-21(23-24-25-28)20(18-9-5-4-6-10-18)27-16-14-26(15-17-27)19-11-7-8-12-22-19/h4-12,20H,2-3,13-17H2,1H3. The molecule has 1 saturated heterocycles. The predicted octanol–water partition coefficient (Wildman–Crippen LogP) is 2.78. The Bertz CT molecular complexity index is 841. The van der Waals surface area contributed by atoms with Crippen LogP contribution in [0.4, 0.5) is 5.82 Å². The third-order valence-electron chi connectivity index (χ3n) is 5.30. The second-order valence-corrected chi connectivity index (χ2v) is 7.14. The smallest absolute Gasteiger partial charge is 0.173 e. The van der Waals surface area contributed by atoms with Gasteiger partial charge in [0.1, 0.15) is 5.82 Å². The molecule has 28 heavy (non-hydrogen) atoms. The third kappa shape index (κ3) is 4.04. The van der Waals surface area contributed by atoms with Gasteiger partial charge >= 0.3 is 0 Å². The zero-order valence-electron chi connectivity index (χ0n) is 16.4. The van der Waals surface area contributed by atoms with E-state index in [1.165, 1.54) is 5.56 Å². The summed E-state index contributed by atoms with van der Waals surface area (Å²) in [5.74, 6) is 1.98. The topological polar surface area (TPSA) is 63.0 Å². The van der Waals surface area contributed by atoms with E-state index in [1.807, 2.05) is 23.0 Å². The number of tetrazole rings is 1. The molecular weight excluding hydrogens is 350 g/mol. The van der Waals surface area contributed by atoms with Crippen molar-refractivity contribution >= 4 is 5.82 Å². The molecule has 1 fully saturated rings. The van der Waals surface area contributed by atoms with Crippen LogP contribution in [0.2, 0.25) is 0 Å². The molecule has 1 aliphatic rings. The Kier molecular flexibility index (Phi) is 5.92. The molecule has 4 rings (SSSR count). The van der Waals surface area contributed by atoms with Crippen LogP contribution in [0.3, 0.4) is 0 Å². The monoisotopic (exact) mass is 377 g/mol. The van der Waals surface area contributed by atoms with Crippen LogP contribution in [0.1, 0.15) is 37.2 Å². The van der Waals surface area contributed by atoms with E-state index in [-0.39, 0.29) is 6.04 Å². The van der Waals surface area contributed by atoms with Gasteiger partial charge in [0, 0.05) is 38.9 Å². The molecule has 7 nitrogen and oxygen atoms in total. The minimum atomic E-state index is 0.0685. The summed E-state index contributed by atoms with van der Waals surface area (Å²) < 4.78 is 1.98. The Labute approximate surface area is 166 Å². The average Bonchev–Trinajstić information content (AvgIpc) is 3.22. The SMILES string of the molecule is CCCCn1nnnc1C(c1ccccc1)N1CCN(c2ccccn2)CC1. The highest BCUT2D eigenvalue weighted by Crippen LogP contribution is 2.28. The van der Waals surface area contributed by atoms with Crippen LogP contribution in [-0.4, -0.2) is 56.3 Å². The molecule has 3 heterocycles. The van der Waals surface area contributed by atoms with E-state index < -0.39 is 0 Å². The number of benzene rings is 1. The highest BCUT2D eigenvalue weighted by Gasteiger charge is 2.30. The zero-order valence-corrected chi connectivity index (χ0v) is 16.4. The molecule has 146 valence electrons. The van der Waals surface area contributed by atoms with Crippen LogP contribution >= 0.6 is 0 Å². The lowest BCUT2D eigenvalue weighted by Gasteiger charge is -2.39. The summed E-state index contributed by atoms with van der Waals surface area (Å²) in [6, 6.07) is 16.7. The van der Waals surface area contributed by atoms with E-state index in [4.69, 9.17) is 0 Å². The fourth-order valence-electron chi connectivity index (χ4n) is 3.78. The first-order valence-corrected chi connectivity index (χ1v) is 10.1. The number of pyridine rings is 1. The number of aryl methyl sites for hydroxylation is 1. The maximum absolute atomic E-state index is 4.50. The lowest BCUT2D eigenvalue weighted by atomic mass is 10.0. The second kappa shape index (κ2) is 8.93. The number of piperazine rings is 1. The molecule has 0 saturated carbocycles. The molecule has 0 amide bonds. The number of anilines is 1. The van der Waals surface area contributed by atoms with Gasteiger partial charge in [-0.25, -0.2) is 9.67 Å². The van der Waals surface area contributed by atoms with Crippen LogP contribution < -0.4 is 4.90 Å². The van der Waals surface area contributed by atoms with E-state index in [1.54, 1.807) is 0 Å². The third-order valence-corrected chi connectivity index (χ3v) is 5.30. The lowest BCUT2D eigenvalue weighted by Crippen LogP contribution is -2.48.